The monoisotopic (exact) mass is 265 g/mol. The second kappa shape index (κ2) is 5.24. The van der Waals surface area contributed by atoms with Gasteiger partial charge in [0.2, 0.25) is 0 Å². The Morgan fingerprint density at radius 1 is 1.59 bits per heavy atom. The lowest BCUT2D eigenvalue weighted by Gasteiger charge is -2.00. The summed E-state index contributed by atoms with van der Waals surface area (Å²) in [4.78, 5) is 8.55. The van der Waals surface area contributed by atoms with E-state index in [9.17, 15) is 0 Å². The first-order valence-corrected chi connectivity index (χ1v) is 6.59. The van der Waals surface area contributed by atoms with Crippen LogP contribution >= 0.6 is 23.3 Å². The van der Waals surface area contributed by atoms with E-state index in [0.29, 0.717) is 5.56 Å². The van der Waals surface area contributed by atoms with E-state index in [0.717, 1.165) is 21.6 Å². The molecule has 0 aliphatic carbocycles. The van der Waals surface area contributed by atoms with Crippen molar-refractivity contribution in [3.05, 3.63) is 29.7 Å². The number of hydrogen-bond donors (Lipinski definition) is 2. The van der Waals surface area contributed by atoms with E-state index < -0.39 is 0 Å². The van der Waals surface area contributed by atoms with E-state index in [2.05, 4.69) is 14.3 Å². The molecule has 0 amide bonds. The van der Waals surface area contributed by atoms with Gasteiger partial charge in [0, 0.05) is 18.2 Å². The second-order valence-corrected chi connectivity index (χ2v) is 5.25. The summed E-state index contributed by atoms with van der Waals surface area (Å²) in [6.07, 6.45) is 2.47. The van der Waals surface area contributed by atoms with Crippen LogP contribution in [0, 0.1) is 5.41 Å². The van der Waals surface area contributed by atoms with Gasteiger partial charge in [-0.3, -0.25) is 5.41 Å². The zero-order valence-electron chi connectivity index (χ0n) is 9.17. The molecule has 3 N–H and O–H groups in total. The number of nitrogens with one attached hydrogen (secondary N) is 1. The number of nitrogens with zero attached hydrogens (tertiary/aromatic N) is 3. The number of aromatic nitrogens is 3. The molecule has 0 fully saturated rings. The zero-order chi connectivity index (χ0) is 12.3. The molecule has 2 aromatic rings. The quantitative estimate of drug-likeness (QED) is 0.651. The van der Waals surface area contributed by atoms with E-state index in [4.69, 9.17) is 11.1 Å². The number of nitrogens with two attached hydrogens (primary N) is 1. The van der Waals surface area contributed by atoms with Gasteiger partial charge >= 0.3 is 0 Å². The molecule has 0 aliphatic rings. The SMILES string of the molecule is CCc1nsc(Sc2cc(C(=N)N)ccn2)n1. The fraction of sp³-hybridized carbons (Fsp3) is 0.200. The summed E-state index contributed by atoms with van der Waals surface area (Å²) in [5.74, 6) is 0.890. The molecule has 5 nitrogen and oxygen atoms in total. The van der Waals surface area contributed by atoms with Crippen LogP contribution < -0.4 is 5.73 Å². The highest BCUT2D eigenvalue weighted by Gasteiger charge is 2.06. The maximum absolute atomic E-state index is 7.36. The minimum absolute atomic E-state index is 0.0424. The Kier molecular flexibility index (Phi) is 3.70. The summed E-state index contributed by atoms with van der Waals surface area (Å²) >= 11 is 2.80. The van der Waals surface area contributed by atoms with Crippen LogP contribution in [0.4, 0.5) is 0 Å². The summed E-state index contributed by atoms with van der Waals surface area (Å²) in [5.41, 5.74) is 6.09. The van der Waals surface area contributed by atoms with Crippen LogP contribution in [0.2, 0.25) is 0 Å². The lowest BCUT2D eigenvalue weighted by Crippen LogP contribution is -2.10. The van der Waals surface area contributed by atoms with Gasteiger partial charge in [0.05, 0.1) is 0 Å². The largest absolute Gasteiger partial charge is 0.384 e. The van der Waals surface area contributed by atoms with Crippen molar-refractivity contribution in [2.24, 2.45) is 5.73 Å². The van der Waals surface area contributed by atoms with Crippen molar-refractivity contribution in [2.45, 2.75) is 22.7 Å². The number of aryl methyl sites for hydroxylation is 1. The fourth-order valence-corrected chi connectivity index (χ4v) is 2.79. The maximum Gasteiger partial charge on any atom is 0.176 e. The molecule has 0 atom stereocenters. The van der Waals surface area contributed by atoms with Crippen LogP contribution in [0.15, 0.2) is 27.7 Å². The van der Waals surface area contributed by atoms with Crippen LogP contribution in [0.5, 0.6) is 0 Å². The number of amidine groups is 1. The number of nitrogen functional groups attached to an aromatic ring is 1. The third-order valence-electron chi connectivity index (χ3n) is 2.00. The van der Waals surface area contributed by atoms with Crippen LogP contribution in [0.3, 0.4) is 0 Å². The van der Waals surface area contributed by atoms with Gasteiger partial charge in [-0.1, -0.05) is 6.92 Å². The third-order valence-corrected chi connectivity index (χ3v) is 3.72. The zero-order valence-corrected chi connectivity index (χ0v) is 10.8. The van der Waals surface area contributed by atoms with E-state index in [-0.39, 0.29) is 5.84 Å². The number of rotatable bonds is 4. The molecule has 0 bridgehead atoms. The first-order valence-electron chi connectivity index (χ1n) is 5.00. The van der Waals surface area contributed by atoms with Crippen molar-refractivity contribution >= 4 is 29.1 Å². The fourth-order valence-electron chi connectivity index (χ4n) is 1.15. The van der Waals surface area contributed by atoms with Gasteiger partial charge in [-0.05, 0) is 35.4 Å². The topological polar surface area (TPSA) is 88.5 Å². The molecule has 2 aromatic heterocycles. The normalized spacial score (nSPS) is 10.4. The molecular formula is C10H11N5S2. The van der Waals surface area contributed by atoms with Gasteiger partial charge < -0.3 is 5.73 Å². The highest BCUT2D eigenvalue weighted by atomic mass is 32.2. The van der Waals surface area contributed by atoms with Crippen LogP contribution in [-0.2, 0) is 6.42 Å². The third kappa shape index (κ3) is 3.01. The van der Waals surface area contributed by atoms with Crippen molar-refractivity contribution in [1.82, 2.24) is 14.3 Å². The predicted molar refractivity (Wildman–Crippen MR) is 68.7 cm³/mol. The molecule has 7 heteroatoms. The van der Waals surface area contributed by atoms with Crippen LogP contribution in [-0.4, -0.2) is 20.2 Å². The van der Waals surface area contributed by atoms with E-state index in [1.54, 1.807) is 18.3 Å². The van der Waals surface area contributed by atoms with Gasteiger partial charge in [-0.15, -0.1) is 0 Å². The molecule has 17 heavy (non-hydrogen) atoms. The molecule has 0 saturated carbocycles. The van der Waals surface area contributed by atoms with Gasteiger partial charge in [0.25, 0.3) is 0 Å². The Morgan fingerprint density at radius 2 is 2.41 bits per heavy atom. The summed E-state index contributed by atoms with van der Waals surface area (Å²) in [6, 6.07) is 3.49. The lowest BCUT2D eigenvalue weighted by molar-refractivity contribution is 0.970. The molecule has 0 radical (unpaired) electrons. The molecule has 0 spiro atoms. The van der Waals surface area contributed by atoms with Crippen molar-refractivity contribution < 1.29 is 0 Å². The maximum atomic E-state index is 7.36. The highest BCUT2D eigenvalue weighted by molar-refractivity contribution is 8.00. The summed E-state index contributed by atoms with van der Waals surface area (Å²) in [7, 11) is 0. The van der Waals surface area contributed by atoms with E-state index >= 15 is 0 Å². The van der Waals surface area contributed by atoms with Gasteiger partial charge in [-0.25, -0.2) is 9.97 Å². The Labute approximate surface area is 107 Å². The van der Waals surface area contributed by atoms with Crippen molar-refractivity contribution in [3.63, 3.8) is 0 Å². The molecule has 2 rings (SSSR count). The summed E-state index contributed by atoms with van der Waals surface area (Å²) in [6.45, 7) is 2.02. The Hall–Kier alpha value is -1.47. The highest BCUT2D eigenvalue weighted by Crippen LogP contribution is 2.27. The van der Waals surface area contributed by atoms with Crippen molar-refractivity contribution in [1.29, 1.82) is 5.41 Å². The van der Waals surface area contributed by atoms with Crippen LogP contribution in [0.25, 0.3) is 0 Å². The molecule has 0 unspecified atom stereocenters. The molecule has 0 aromatic carbocycles. The molecule has 88 valence electrons. The smallest absolute Gasteiger partial charge is 0.176 e. The van der Waals surface area contributed by atoms with E-state index in [1.807, 2.05) is 6.92 Å². The summed E-state index contributed by atoms with van der Waals surface area (Å²) in [5, 5.41) is 8.14. The standard InChI is InChI=1S/C10H11N5S2/c1-2-7-14-10(17-15-7)16-8-5-6(9(11)12)3-4-13-8/h3-5H,2H2,1H3,(H3,11,12). The average molecular weight is 265 g/mol. The molecule has 2 heterocycles. The average Bonchev–Trinajstić information content (AvgIpc) is 2.77. The molecule has 0 aliphatic heterocycles. The Morgan fingerprint density at radius 3 is 3.06 bits per heavy atom. The first-order chi connectivity index (χ1) is 8.19. The van der Waals surface area contributed by atoms with Gasteiger partial charge in [0.15, 0.2) is 4.34 Å². The Balaban J connectivity index is 2.18. The van der Waals surface area contributed by atoms with Gasteiger partial charge in [-0.2, -0.15) is 4.37 Å². The Bertz CT molecular complexity index is 537. The molecular weight excluding hydrogens is 254 g/mol. The number of hydrogen-bond acceptors (Lipinski definition) is 6. The van der Waals surface area contributed by atoms with Crippen molar-refractivity contribution in [3.8, 4) is 0 Å². The number of pyridine rings is 1. The van der Waals surface area contributed by atoms with Crippen LogP contribution in [0.1, 0.15) is 18.3 Å². The minimum Gasteiger partial charge on any atom is -0.384 e. The molecule has 0 saturated heterocycles. The predicted octanol–water partition coefficient (Wildman–Crippen LogP) is 1.93. The van der Waals surface area contributed by atoms with Crippen molar-refractivity contribution in [2.75, 3.05) is 0 Å². The second-order valence-electron chi connectivity index (χ2n) is 3.23. The minimum atomic E-state index is 0.0424. The lowest BCUT2D eigenvalue weighted by atomic mass is 10.2. The first kappa shape index (κ1) is 12.0. The summed E-state index contributed by atoms with van der Waals surface area (Å²) < 4.78 is 5.06. The van der Waals surface area contributed by atoms with E-state index in [1.165, 1.54) is 23.3 Å². The van der Waals surface area contributed by atoms with Gasteiger partial charge in [0.1, 0.15) is 16.7 Å².